The number of rotatable bonds is 2. The zero-order chi connectivity index (χ0) is 9.26. The van der Waals surface area contributed by atoms with E-state index >= 15 is 0 Å². The van der Waals surface area contributed by atoms with Crippen molar-refractivity contribution >= 4 is 5.78 Å². The van der Waals surface area contributed by atoms with E-state index in [2.05, 4.69) is 22.0 Å². The molecule has 2 aromatic heterocycles. The van der Waals surface area contributed by atoms with Crippen LogP contribution in [0.4, 0.5) is 0 Å². The van der Waals surface area contributed by atoms with Crippen molar-refractivity contribution in [2.45, 2.75) is 26.7 Å². The molecule has 2 heterocycles. The molecule has 0 unspecified atom stereocenters. The Labute approximate surface area is 76.6 Å². The monoisotopic (exact) mass is 176 g/mol. The summed E-state index contributed by atoms with van der Waals surface area (Å²) in [7, 11) is 0. The second-order valence-electron chi connectivity index (χ2n) is 3.12. The Bertz CT molecular complexity index is 418. The zero-order valence-electron chi connectivity index (χ0n) is 7.86. The van der Waals surface area contributed by atoms with E-state index in [0.29, 0.717) is 5.78 Å². The van der Waals surface area contributed by atoms with Gasteiger partial charge in [0.2, 0.25) is 0 Å². The van der Waals surface area contributed by atoms with Gasteiger partial charge in [0.15, 0.2) is 0 Å². The molecule has 0 saturated heterocycles. The van der Waals surface area contributed by atoms with Crippen LogP contribution in [0.25, 0.3) is 5.78 Å². The molecule has 0 atom stereocenters. The lowest BCUT2D eigenvalue weighted by Gasteiger charge is -1.96. The van der Waals surface area contributed by atoms with Gasteiger partial charge < -0.3 is 0 Å². The molecule has 0 aliphatic heterocycles. The van der Waals surface area contributed by atoms with Crippen LogP contribution in [0.1, 0.15) is 24.7 Å². The van der Waals surface area contributed by atoms with Gasteiger partial charge in [0.25, 0.3) is 5.78 Å². The van der Waals surface area contributed by atoms with Crippen LogP contribution < -0.4 is 0 Å². The molecule has 13 heavy (non-hydrogen) atoms. The van der Waals surface area contributed by atoms with E-state index < -0.39 is 0 Å². The molecule has 0 aliphatic carbocycles. The molecular formula is C9H12N4. The fraction of sp³-hybridized carbons (Fsp3) is 0.444. The van der Waals surface area contributed by atoms with Gasteiger partial charge in [-0.25, -0.2) is 9.50 Å². The van der Waals surface area contributed by atoms with Crippen molar-refractivity contribution in [3.05, 3.63) is 23.8 Å². The predicted molar refractivity (Wildman–Crippen MR) is 49.5 cm³/mol. The molecule has 4 nitrogen and oxygen atoms in total. The molecule has 0 aromatic carbocycles. The Kier molecular flexibility index (Phi) is 1.96. The maximum absolute atomic E-state index is 4.21. The third kappa shape index (κ3) is 1.52. The van der Waals surface area contributed by atoms with Gasteiger partial charge in [0.1, 0.15) is 5.82 Å². The minimum atomic E-state index is 0.678. The molecule has 2 aromatic rings. The first-order valence-electron chi connectivity index (χ1n) is 4.47. The van der Waals surface area contributed by atoms with E-state index in [9.17, 15) is 0 Å². The van der Waals surface area contributed by atoms with Gasteiger partial charge in [-0.2, -0.15) is 10.1 Å². The fourth-order valence-corrected chi connectivity index (χ4v) is 1.34. The van der Waals surface area contributed by atoms with Gasteiger partial charge >= 0.3 is 0 Å². The topological polar surface area (TPSA) is 43.1 Å². The van der Waals surface area contributed by atoms with Crippen molar-refractivity contribution in [1.82, 2.24) is 19.6 Å². The summed E-state index contributed by atoms with van der Waals surface area (Å²) < 4.78 is 1.74. The zero-order valence-corrected chi connectivity index (χ0v) is 7.86. The van der Waals surface area contributed by atoms with E-state index in [1.165, 1.54) is 5.56 Å². The van der Waals surface area contributed by atoms with Crippen LogP contribution in [0.2, 0.25) is 0 Å². The van der Waals surface area contributed by atoms with Crippen molar-refractivity contribution in [3.63, 3.8) is 0 Å². The van der Waals surface area contributed by atoms with Crippen molar-refractivity contribution in [2.75, 3.05) is 0 Å². The standard InChI is InChI=1S/C9H12N4/c1-3-4-8-5-10-9-11-7(2)12-13(9)6-8/h5-6H,3-4H2,1-2H3. The molecule has 68 valence electrons. The van der Waals surface area contributed by atoms with Crippen LogP contribution in [-0.4, -0.2) is 19.6 Å². The quantitative estimate of drug-likeness (QED) is 0.694. The highest BCUT2D eigenvalue weighted by Gasteiger charge is 2.00. The Morgan fingerprint density at radius 3 is 3.08 bits per heavy atom. The van der Waals surface area contributed by atoms with Gasteiger partial charge in [-0.3, -0.25) is 0 Å². The Balaban J connectivity index is 2.48. The molecule has 0 radical (unpaired) electrons. The molecule has 0 aliphatic rings. The first-order valence-corrected chi connectivity index (χ1v) is 4.47. The molecule has 0 saturated carbocycles. The summed E-state index contributed by atoms with van der Waals surface area (Å²) >= 11 is 0. The third-order valence-corrected chi connectivity index (χ3v) is 1.89. The second kappa shape index (κ2) is 3.12. The molecule has 4 heteroatoms. The highest BCUT2D eigenvalue weighted by atomic mass is 15.3. The highest BCUT2D eigenvalue weighted by molar-refractivity contribution is 5.27. The van der Waals surface area contributed by atoms with Crippen LogP contribution in [0.5, 0.6) is 0 Å². The number of hydrogen-bond acceptors (Lipinski definition) is 3. The van der Waals surface area contributed by atoms with E-state index in [0.717, 1.165) is 18.7 Å². The summed E-state index contributed by atoms with van der Waals surface area (Å²) in [4.78, 5) is 8.37. The van der Waals surface area contributed by atoms with Crippen molar-refractivity contribution < 1.29 is 0 Å². The molecule has 0 spiro atoms. The van der Waals surface area contributed by atoms with Crippen LogP contribution in [0.3, 0.4) is 0 Å². The lowest BCUT2D eigenvalue weighted by Crippen LogP contribution is -1.94. The molecule has 0 amide bonds. The third-order valence-electron chi connectivity index (χ3n) is 1.89. The average Bonchev–Trinajstić information content (AvgIpc) is 2.44. The van der Waals surface area contributed by atoms with Gasteiger partial charge in [0, 0.05) is 12.4 Å². The molecular weight excluding hydrogens is 164 g/mol. The van der Waals surface area contributed by atoms with Gasteiger partial charge in [-0.05, 0) is 18.9 Å². The van der Waals surface area contributed by atoms with Crippen LogP contribution >= 0.6 is 0 Å². The molecule has 0 N–H and O–H groups in total. The maximum Gasteiger partial charge on any atom is 0.252 e. The van der Waals surface area contributed by atoms with Gasteiger partial charge in [0.05, 0.1) is 0 Å². The molecule has 2 rings (SSSR count). The maximum atomic E-state index is 4.21. The highest BCUT2D eigenvalue weighted by Crippen LogP contribution is 2.03. The summed E-state index contributed by atoms with van der Waals surface area (Å²) in [5.41, 5.74) is 1.21. The number of aryl methyl sites for hydroxylation is 2. The predicted octanol–water partition coefficient (Wildman–Crippen LogP) is 1.39. The summed E-state index contributed by atoms with van der Waals surface area (Å²) in [6.45, 7) is 4.02. The first-order chi connectivity index (χ1) is 6.29. The summed E-state index contributed by atoms with van der Waals surface area (Å²) in [5, 5.41) is 4.20. The van der Waals surface area contributed by atoms with E-state index in [4.69, 9.17) is 0 Å². The van der Waals surface area contributed by atoms with Crippen molar-refractivity contribution in [1.29, 1.82) is 0 Å². The SMILES string of the molecule is CCCc1cnc2nc(C)nn2c1. The Morgan fingerprint density at radius 2 is 2.31 bits per heavy atom. The lowest BCUT2D eigenvalue weighted by atomic mass is 10.2. The number of fused-ring (bicyclic) bond motifs is 1. The largest absolute Gasteiger partial charge is 0.252 e. The normalized spacial score (nSPS) is 10.9. The van der Waals surface area contributed by atoms with Crippen LogP contribution in [0.15, 0.2) is 12.4 Å². The van der Waals surface area contributed by atoms with Gasteiger partial charge in [-0.15, -0.1) is 0 Å². The van der Waals surface area contributed by atoms with Crippen LogP contribution in [0, 0.1) is 6.92 Å². The van der Waals surface area contributed by atoms with E-state index in [-0.39, 0.29) is 0 Å². The fourth-order valence-electron chi connectivity index (χ4n) is 1.34. The summed E-state index contributed by atoms with van der Waals surface area (Å²) in [5.74, 6) is 1.44. The van der Waals surface area contributed by atoms with E-state index in [1.807, 2.05) is 19.3 Å². The van der Waals surface area contributed by atoms with Crippen molar-refractivity contribution in [3.8, 4) is 0 Å². The van der Waals surface area contributed by atoms with Crippen molar-refractivity contribution in [2.24, 2.45) is 0 Å². The minimum absolute atomic E-state index is 0.678. The van der Waals surface area contributed by atoms with Crippen LogP contribution in [-0.2, 0) is 6.42 Å². The molecule has 0 bridgehead atoms. The van der Waals surface area contributed by atoms with Gasteiger partial charge in [-0.1, -0.05) is 13.3 Å². The minimum Gasteiger partial charge on any atom is -0.219 e. The average molecular weight is 176 g/mol. The smallest absolute Gasteiger partial charge is 0.219 e. The number of aromatic nitrogens is 4. The number of nitrogens with zero attached hydrogens (tertiary/aromatic N) is 4. The lowest BCUT2D eigenvalue weighted by molar-refractivity contribution is 0.857. The van der Waals surface area contributed by atoms with E-state index in [1.54, 1.807) is 4.52 Å². The number of hydrogen-bond donors (Lipinski definition) is 0. The second-order valence-corrected chi connectivity index (χ2v) is 3.12. The summed E-state index contributed by atoms with van der Waals surface area (Å²) in [6.07, 6.45) is 6.03. The Hall–Kier alpha value is -1.45. The summed E-state index contributed by atoms with van der Waals surface area (Å²) in [6, 6.07) is 0. The first kappa shape index (κ1) is 8.16. The Morgan fingerprint density at radius 1 is 1.46 bits per heavy atom. The molecule has 0 fully saturated rings.